The number of nitro benzene ring substituents is 1. The van der Waals surface area contributed by atoms with Crippen LogP contribution in [0.1, 0.15) is 102 Å². The lowest BCUT2D eigenvalue weighted by molar-refractivity contribution is -0.384. The molecule has 0 unspecified atom stereocenters. The van der Waals surface area contributed by atoms with Crippen molar-refractivity contribution in [1.82, 2.24) is 29.6 Å². The van der Waals surface area contributed by atoms with Crippen molar-refractivity contribution in [3.05, 3.63) is 158 Å². The van der Waals surface area contributed by atoms with Gasteiger partial charge in [-0.1, -0.05) is 47.5 Å². The van der Waals surface area contributed by atoms with E-state index < -0.39 is 107 Å². The maximum absolute atomic E-state index is 14.5. The first-order valence-corrected chi connectivity index (χ1v) is 30.9. The summed E-state index contributed by atoms with van der Waals surface area (Å²) in [5.74, 6) is -5.07. The van der Waals surface area contributed by atoms with E-state index in [4.69, 9.17) is 80.4 Å². The van der Waals surface area contributed by atoms with Crippen molar-refractivity contribution < 1.29 is 104 Å². The number of halogens is 4. The number of fused-ring (bicyclic) bond motifs is 4. The lowest BCUT2D eigenvalue weighted by Crippen LogP contribution is -2.55. The van der Waals surface area contributed by atoms with Gasteiger partial charge in [-0.05, 0) is 62.8 Å². The first kappa shape index (κ1) is 71.4. The highest BCUT2D eigenvalue weighted by molar-refractivity contribution is 6.31. The molecule has 5 aromatic rings. The van der Waals surface area contributed by atoms with Crippen LogP contribution >= 0.6 is 23.2 Å². The molecule has 11 rings (SSSR count). The Morgan fingerprint density at radius 2 is 1.09 bits per heavy atom. The van der Waals surface area contributed by atoms with Crippen molar-refractivity contribution in [2.75, 3.05) is 107 Å². The van der Waals surface area contributed by atoms with Gasteiger partial charge >= 0.3 is 12.3 Å². The Hall–Kier alpha value is -8.86. The molecule has 4 amide bonds. The monoisotopic (exact) mass is 1390 g/mol. The minimum atomic E-state index is -1.26. The third-order valence-electron chi connectivity index (χ3n) is 15.8. The van der Waals surface area contributed by atoms with Crippen LogP contribution in [0.4, 0.5) is 24.1 Å². The Morgan fingerprint density at radius 1 is 0.635 bits per heavy atom. The van der Waals surface area contributed by atoms with Gasteiger partial charge in [0.05, 0.1) is 86.5 Å². The standard InChI is InChI=1S/C29H24ClFN4O10.C28H31ClFN3O10.C5H12O3/c30-18-4-1-3-15(22(18)31)13-32-26(37)21-19-9-10-20-28-33(11-2-12-42-28)27(38)23(34(19)20)25(24(21)36)43-14-44-29(39)45-17-7-5-16(6-8-17)35(40)41;1-38-10-11-39-12-13-41-28(37)43-15-42-24-22-26(36)32-8-3-9-40-27(32)19-7-6-18(33(19)22)20(23(24)34)25(35)31-14-16-4-2-5-17(29)21(16)30;1-7-4-5-8-3-2-6/h1,3-8,20,28H,2,9-14H2,(H,32,37);2,4-5,19,27H,3,6-15H2,1H3,(H,31,35);6H,2-5H2,1H3/t20-,28+;19-,27+;/m11./s1. The fourth-order valence-electron chi connectivity index (χ4n) is 11.5. The second-order valence-corrected chi connectivity index (χ2v) is 22.4. The van der Waals surface area contributed by atoms with Crippen molar-refractivity contribution in [3.63, 3.8) is 0 Å². The number of ether oxygens (including phenoxy) is 12. The van der Waals surface area contributed by atoms with Crippen LogP contribution in [-0.4, -0.2) is 184 Å². The zero-order chi connectivity index (χ0) is 68.6. The van der Waals surface area contributed by atoms with Gasteiger partial charge in [-0.25, -0.2) is 18.4 Å². The molecule has 2 aromatic heterocycles. The second-order valence-electron chi connectivity index (χ2n) is 21.6. The fourth-order valence-corrected chi connectivity index (χ4v) is 11.9. The minimum Gasteiger partial charge on any atom is -0.451 e. The summed E-state index contributed by atoms with van der Waals surface area (Å²) >= 11 is 11.7. The molecule has 0 spiro atoms. The zero-order valence-corrected chi connectivity index (χ0v) is 53.3. The SMILES string of the molecule is COCCOCCO.COCCOCCOC(=O)OCOc1c2n3c(c(C(=O)NCc4cccc(Cl)c4F)c1=O)CC[C@@H]3[C@@H]1OCCCN1C2=O.O=C(OCOc1c2n3c(c(C(=O)NCc4cccc(Cl)c4F)c1=O)CC[C@@H]3[C@@H]1OCCCN1C2=O)Oc1ccc([N+](=O)[O-])cc1. The lowest BCUT2D eigenvalue weighted by Gasteiger charge is -2.44. The molecule has 516 valence electrons. The Morgan fingerprint density at radius 3 is 1.55 bits per heavy atom. The summed E-state index contributed by atoms with van der Waals surface area (Å²) < 4.78 is 94.5. The number of methoxy groups -OCH3 is 2. The van der Waals surface area contributed by atoms with Crippen LogP contribution in [0.15, 0.2) is 70.3 Å². The average molecular weight is 1390 g/mol. The Labute approximate surface area is 555 Å². The Kier molecular flexibility index (Phi) is 25.1. The van der Waals surface area contributed by atoms with Gasteiger partial charge in [0.15, 0.2) is 23.8 Å². The van der Waals surface area contributed by atoms with E-state index >= 15 is 0 Å². The summed E-state index contributed by atoms with van der Waals surface area (Å²) in [6.07, 6.45) is -0.756. The number of rotatable bonds is 25. The number of nitrogens with zero attached hydrogens (tertiary/aromatic N) is 5. The van der Waals surface area contributed by atoms with Crippen LogP contribution in [0.25, 0.3) is 0 Å². The summed E-state index contributed by atoms with van der Waals surface area (Å²) in [5.41, 5.74) is -1.84. The molecule has 2 saturated heterocycles. The predicted molar refractivity (Wildman–Crippen MR) is 328 cm³/mol. The summed E-state index contributed by atoms with van der Waals surface area (Å²) in [6.45, 7) is 1.93. The Bertz CT molecular complexity index is 3820. The van der Waals surface area contributed by atoms with Gasteiger partial charge < -0.3 is 91.5 Å². The highest BCUT2D eigenvalue weighted by Crippen LogP contribution is 2.44. The van der Waals surface area contributed by atoms with Gasteiger partial charge in [0.25, 0.3) is 29.3 Å². The van der Waals surface area contributed by atoms with E-state index in [9.17, 15) is 57.3 Å². The molecule has 0 saturated carbocycles. The molecular weight excluding hydrogens is 1320 g/mol. The smallest absolute Gasteiger partial charge is 0.451 e. The molecule has 8 heterocycles. The number of carbonyl (C=O) groups is 6. The molecule has 0 aliphatic carbocycles. The van der Waals surface area contributed by atoms with Gasteiger partial charge in [-0.15, -0.1) is 0 Å². The van der Waals surface area contributed by atoms with Gasteiger partial charge in [0, 0.05) is 75.0 Å². The normalized spacial score (nSPS) is 17.6. The molecule has 3 aromatic carbocycles. The van der Waals surface area contributed by atoms with Crippen LogP contribution in [0.2, 0.25) is 10.0 Å². The number of aliphatic hydroxyl groups is 1. The number of benzene rings is 3. The van der Waals surface area contributed by atoms with Crippen molar-refractivity contribution >= 4 is 64.8 Å². The van der Waals surface area contributed by atoms with Crippen LogP contribution in [-0.2, 0) is 68.6 Å². The summed E-state index contributed by atoms with van der Waals surface area (Å²) in [7, 11) is 3.14. The van der Waals surface area contributed by atoms with E-state index in [1.807, 2.05) is 0 Å². The number of hydrogen-bond acceptors (Lipinski definition) is 23. The maximum atomic E-state index is 14.5. The largest absolute Gasteiger partial charge is 0.516 e. The Balaban J connectivity index is 0.000000202. The maximum Gasteiger partial charge on any atom is 0.516 e. The highest BCUT2D eigenvalue weighted by Gasteiger charge is 2.50. The van der Waals surface area contributed by atoms with Crippen molar-refractivity contribution in [2.24, 2.45) is 0 Å². The minimum absolute atomic E-state index is 0.0507. The number of non-ortho nitro benzene ring substituents is 1. The topological polar surface area (TPSA) is 351 Å². The molecule has 3 N–H and O–H groups in total. The molecule has 6 aliphatic heterocycles. The molecule has 0 bridgehead atoms. The van der Waals surface area contributed by atoms with E-state index in [1.165, 1.54) is 60.5 Å². The molecular formula is C62H67Cl2F2N7O23. The molecule has 0 radical (unpaired) electrons. The fraction of sp³-hybridized carbons (Fsp3) is 0.452. The average Bonchev–Trinajstić information content (AvgIpc) is 1.43. The van der Waals surface area contributed by atoms with E-state index in [2.05, 4.69) is 15.4 Å². The molecule has 30 nitrogen and oxygen atoms in total. The summed E-state index contributed by atoms with van der Waals surface area (Å²) in [4.78, 5) is 119. The summed E-state index contributed by atoms with van der Waals surface area (Å²) in [6, 6.07) is 12.5. The first-order chi connectivity index (χ1) is 46.4. The number of nitro groups is 1. The van der Waals surface area contributed by atoms with Crippen LogP contribution < -0.4 is 35.7 Å². The molecule has 2 fully saturated rings. The van der Waals surface area contributed by atoms with Gasteiger partial charge in [0.1, 0.15) is 35.1 Å². The van der Waals surface area contributed by atoms with Crippen LogP contribution in [0.5, 0.6) is 17.2 Å². The van der Waals surface area contributed by atoms with E-state index in [1.54, 1.807) is 21.1 Å². The van der Waals surface area contributed by atoms with Gasteiger partial charge in [-0.3, -0.25) is 38.9 Å². The van der Waals surface area contributed by atoms with Gasteiger partial charge in [-0.2, -0.15) is 0 Å². The van der Waals surface area contributed by atoms with Gasteiger partial charge in [0.2, 0.25) is 35.9 Å². The molecule has 96 heavy (non-hydrogen) atoms. The number of aliphatic hydroxyl groups excluding tert-OH is 1. The predicted octanol–water partition coefficient (Wildman–Crippen LogP) is 5.77. The van der Waals surface area contributed by atoms with Crippen molar-refractivity contribution in [2.45, 2.75) is 76.2 Å². The van der Waals surface area contributed by atoms with Crippen LogP contribution in [0, 0.1) is 21.7 Å². The zero-order valence-electron chi connectivity index (χ0n) is 51.8. The second kappa shape index (κ2) is 33.7. The quantitative estimate of drug-likeness (QED) is 0.0156. The highest BCUT2D eigenvalue weighted by atomic mass is 35.5. The van der Waals surface area contributed by atoms with Crippen LogP contribution in [0.3, 0.4) is 0 Å². The number of aromatic nitrogens is 2. The third kappa shape index (κ3) is 16.3. The number of amides is 4. The number of nitrogens with one attached hydrogen (secondary N) is 2. The molecule has 4 atom stereocenters. The third-order valence-corrected chi connectivity index (χ3v) is 16.4. The number of pyridine rings is 2. The number of hydrogen-bond donors (Lipinski definition) is 3. The first-order valence-electron chi connectivity index (χ1n) is 30.2. The van der Waals surface area contributed by atoms with Crippen molar-refractivity contribution in [3.8, 4) is 17.2 Å². The van der Waals surface area contributed by atoms with Crippen molar-refractivity contribution in [1.29, 1.82) is 0 Å². The summed E-state index contributed by atoms with van der Waals surface area (Å²) in [5, 5.41) is 23.9. The van der Waals surface area contributed by atoms with E-state index in [0.29, 0.717) is 103 Å². The number of carbonyl (C=O) groups excluding carboxylic acids is 6. The lowest BCUT2D eigenvalue weighted by atomic mass is 10.1. The van der Waals surface area contributed by atoms with E-state index in [0.717, 1.165) is 12.1 Å². The molecule has 34 heteroatoms. The molecule has 6 aliphatic rings. The van der Waals surface area contributed by atoms with E-state index in [-0.39, 0.29) is 100 Å².